The predicted molar refractivity (Wildman–Crippen MR) is 70.5 cm³/mol. The normalized spacial score (nSPS) is 21.4. The lowest BCUT2D eigenvalue weighted by Gasteiger charge is -2.23. The van der Waals surface area contributed by atoms with E-state index in [0.717, 1.165) is 12.6 Å². The van der Waals surface area contributed by atoms with E-state index in [0.29, 0.717) is 0 Å². The molecule has 2 N–H and O–H groups in total. The Bertz CT molecular complexity index is 147. The molecular formula is C12H26N2S. The summed E-state index contributed by atoms with van der Waals surface area (Å²) < 4.78 is 0. The van der Waals surface area contributed by atoms with Crippen molar-refractivity contribution in [3.05, 3.63) is 0 Å². The van der Waals surface area contributed by atoms with Crippen LogP contribution >= 0.6 is 11.8 Å². The number of rotatable bonds is 8. The second kappa shape index (κ2) is 8.43. The van der Waals surface area contributed by atoms with Crippen LogP contribution in [0.3, 0.4) is 0 Å². The van der Waals surface area contributed by atoms with E-state index in [9.17, 15) is 0 Å². The number of unbranched alkanes of at least 4 members (excludes halogenated alkanes) is 4. The Morgan fingerprint density at radius 3 is 2.60 bits per heavy atom. The monoisotopic (exact) mass is 230 g/mol. The molecule has 1 aliphatic heterocycles. The molecule has 0 amide bonds. The fourth-order valence-electron chi connectivity index (χ4n) is 2.09. The third-order valence-corrected chi connectivity index (χ3v) is 4.39. The van der Waals surface area contributed by atoms with Crippen LogP contribution in [0, 0.1) is 0 Å². The maximum Gasteiger partial charge on any atom is 0.0191 e. The summed E-state index contributed by atoms with van der Waals surface area (Å²) in [5, 5.41) is 0. The Morgan fingerprint density at radius 2 is 1.93 bits per heavy atom. The molecular weight excluding hydrogens is 204 g/mol. The smallest absolute Gasteiger partial charge is 0.0191 e. The van der Waals surface area contributed by atoms with Gasteiger partial charge in [0.05, 0.1) is 0 Å². The van der Waals surface area contributed by atoms with Gasteiger partial charge in [0, 0.05) is 11.8 Å². The minimum absolute atomic E-state index is 0.860. The van der Waals surface area contributed by atoms with Crippen molar-refractivity contribution in [1.29, 1.82) is 0 Å². The molecule has 0 aromatic rings. The molecule has 0 aliphatic carbocycles. The molecule has 0 aromatic heterocycles. The zero-order valence-corrected chi connectivity index (χ0v) is 10.9. The third kappa shape index (κ3) is 5.79. The minimum Gasteiger partial charge on any atom is -0.330 e. The first-order valence-electron chi connectivity index (χ1n) is 6.32. The van der Waals surface area contributed by atoms with Crippen molar-refractivity contribution in [1.82, 2.24) is 4.90 Å². The van der Waals surface area contributed by atoms with Crippen molar-refractivity contribution in [3.8, 4) is 0 Å². The van der Waals surface area contributed by atoms with Crippen molar-refractivity contribution < 1.29 is 0 Å². The summed E-state index contributed by atoms with van der Waals surface area (Å²) in [6.45, 7) is 2.15. The van der Waals surface area contributed by atoms with Crippen LogP contribution in [-0.2, 0) is 0 Å². The van der Waals surface area contributed by atoms with Crippen molar-refractivity contribution in [2.75, 3.05) is 31.6 Å². The fraction of sp³-hybridized carbons (Fsp3) is 1.00. The van der Waals surface area contributed by atoms with Gasteiger partial charge in [-0.1, -0.05) is 19.3 Å². The van der Waals surface area contributed by atoms with Gasteiger partial charge in [-0.25, -0.2) is 0 Å². The van der Waals surface area contributed by atoms with Crippen LogP contribution < -0.4 is 5.73 Å². The van der Waals surface area contributed by atoms with Crippen LogP contribution in [0.2, 0.25) is 0 Å². The van der Waals surface area contributed by atoms with E-state index in [4.69, 9.17) is 5.73 Å². The lowest BCUT2D eigenvalue weighted by molar-refractivity contribution is 0.256. The maximum atomic E-state index is 5.46. The second-order valence-corrected chi connectivity index (χ2v) is 5.70. The first kappa shape index (κ1) is 13.3. The largest absolute Gasteiger partial charge is 0.330 e. The van der Waals surface area contributed by atoms with Gasteiger partial charge in [-0.15, -0.1) is 0 Å². The summed E-state index contributed by atoms with van der Waals surface area (Å²) in [5.41, 5.74) is 5.46. The van der Waals surface area contributed by atoms with Gasteiger partial charge in [0.15, 0.2) is 0 Å². The molecule has 1 saturated heterocycles. The molecule has 0 spiro atoms. The molecule has 3 heteroatoms. The molecule has 1 atom stereocenters. The summed E-state index contributed by atoms with van der Waals surface area (Å²) in [6, 6.07) is 0.860. The third-order valence-electron chi connectivity index (χ3n) is 3.24. The van der Waals surface area contributed by atoms with Crippen molar-refractivity contribution in [2.45, 2.75) is 44.6 Å². The molecule has 0 saturated carbocycles. The lowest BCUT2D eigenvalue weighted by atomic mass is 10.1. The van der Waals surface area contributed by atoms with Crippen molar-refractivity contribution >= 4 is 11.8 Å². The molecule has 1 fully saturated rings. The number of hydrogen-bond acceptors (Lipinski definition) is 3. The lowest BCUT2D eigenvalue weighted by Crippen LogP contribution is -2.32. The molecule has 2 nitrogen and oxygen atoms in total. The Balaban J connectivity index is 1.90. The molecule has 1 aliphatic rings. The van der Waals surface area contributed by atoms with Crippen LogP contribution in [0.15, 0.2) is 0 Å². The van der Waals surface area contributed by atoms with Crippen LogP contribution in [0.5, 0.6) is 0 Å². The second-order valence-electron chi connectivity index (χ2n) is 4.55. The van der Waals surface area contributed by atoms with Crippen LogP contribution in [-0.4, -0.2) is 42.6 Å². The molecule has 90 valence electrons. The van der Waals surface area contributed by atoms with E-state index in [2.05, 4.69) is 23.7 Å². The first-order chi connectivity index (χ1) is 7.34. The Kier molecular flexibility index (Phi) is 7.49. The quantitative estimate of drug-likeness (QED) is 0.649. The molecule has 0 aromatic carbocycles. The van der Waals surface area contributed by atoms with Gasteiger partial charge in [-0.05, 0) is 45.2 Å². The van der Waals surface area contributed by atoms with Crippen LogP contribution in [0.25, 0.3) is 0 Å². The highest BCUT2D eigenvalue weighted by atomic mass is 32.2. The first-order valence-corrected chi connectivity index (χ1v) is 7.48. The average Bonchev–Trinajstić information content (AvgIpc) is 2.76. The topological polar surface area (TPSA) is 29.3 Å². The van der Waals surface area contributed by atoms with E-state index < -0.39 is 0 Å². The maximum absolute atomic E-state index is 5.46. The van der Waals surface area contributed by atoms with Gasteiger partial charge >= 0.3 is 0 Å². The fourth-order valence-corrected chi connectivity index (χ4v) is 3.39. The molecule has 0 radical (unpaired) electrons. The molecule has 1 heterocycles. The van der Waals surface area contributed by atoms with Gasteiger partial charge in [-0.2, -0.15) is 11.8 Å². The Morgan fingerprint density at radius 1 is 1.20 bits per heavy atom. The molecule has 1 unspecified atom stereocenters. The number of nitrogens with two attached hydrogens (primary N) is 1. The number of thioether (sulfide) groups is 1. The standard InChI is InChI=1S/C12H26N2S/c1-14(12-7-10-15-11-12)9-6-4-2-3-5-8-13/h12H,2-11,13H2,1H3. The van der Waals surface area contributed by atoms with Gasteiger partial charge in [0.1, 0.15) is 0 Å². The summed E-state index contributed by atoms with van der Waals surface area (Å²) in [4.78, 5) is 2.56. The van der Waals surface area contributed by atoms with Gasteiger partial charge < -0.3 is 10.6 Å². The molecule has 1 rings (SSSR count). The predicted octanol–water partition coefficient (Wildman–Crippen LogP) is 2.33. The minimum atomic E-state index is 0.860. The molecule has 15 heavy (non-hydrogen) atoms. The van der Waals surface area contributed by atoms with E-state index in [1.165, 1.54) is 56.6 Å². The van der Waals surface area contributed by atoms with Crippen molar-refractivity contribution in [3.63, 3.8) is 0 Å². The van der Waals surface area contributed by atoms with Gasteiger partial charge in [0.2, 0.25) is 0 Å². The van der Waals surface area contributed by atoms with E-state index in [1.807, 2.05) is 0 Å². The van der Waals surface area contributed by atoms with E-state index in [-0.39, 0.29) is 0 Å². The van der Waals surface area contributed by atoms with E-state index >= 15 is 0 Å². The molecule has 0 bridgehead atoms. The Labute approximate surface area is 99.0 Å². The summed E-state index contributed by atoms with van der Waals surface area (Å²) in [7, 11) is 2.29. The van der Waals surface area contributed by atoms with Crippen LogP contribution in [0.4, 0.5) is 0 Å². The number of hydrogen-bond donors (Lipinski definition) is 1. The van der Waals surface area contributed by atoms with Gasteiger partial charge in [0.25, 0.3) is 0 Å². The summed E-state index contributed by atoms with van der Waals surface area (Å²) in [6.07, 6.45) is 8.03. The zero-order chi connectivity index (χ0) is 10.9. The average molecular weight is 230 g/mol. The number of nitrogens with zero attached hydrogens (tertiary/aromatic N) is 1. The summed E-state index contributed by atoms with van der Waals surface area (Å²) in [5.74, 6) is 2.72. The Hall–Kier alpha value is 0.270. The van der Waals surface area contributed by atoms with Crippen molar-refractivity contribution in [2.24, 2.45) is 5.73 Å². The summed E-state index contributed by atoms with van der Waals surface area (Å²) >= 11 is 2.11. The highest BCUT2D eigenvalue weighted by Gasteiger charge is 2.18. The van der Waals surface area contributed by atoms with E-state index in [1.54, 1.807) is 0 Å². The SMILES string of the molecule is CN(CCCCCCCN)C1CCSC1. The highest BCUT2D eigenvalue weighted by molar-refractivity contribution is 7.99. The zero-order valence-electron chi connectivity index (χ0n) is 10.1. The van der Waals surface area contributed by atoms with Crippen LogP contribution in [0.1, 0.15) is 38.5 Å². The highest BCUT2D eigenvalue weighted by Crippen LogP contribution is 2.21. The van der Waals surface area contributed by atoms with Gasteiger partial charge in [-0.3, -0.25) is 0 Å².